The Morgan fingerprint density at radius 2 is 2.05 bits per heavy atom. The molecule has 1 saturated heterocycles. The molecule has 1 aliphatic rings. The molecule has 1 aromatic heterocycles. The summed E-state index contributed by atoms with van der Waals surface area (Å²) >= 11 is 0. The smallest absolute Gasteiger partial charge is 0.410 e. The minimum atomic E-state index is -0.510. The van der Waals surface area contributed by atoms with E-state index in [1.807, 2.05) is 20.8 Å². The maximum atomic E-state index is 13.4. The van der Waals surface area contributed by atoms with Gasteiger partial charge >= 0.3 is 6.09 Å². The standard InChI is InChI=1S/C16H24FN3O2/c1-15(2,3)22-14(21)20-9-7-16(11-18,8-10-20)12-5-4-6-13(17)19-12/h4-6H,7-11,18H2,1-3H3. The van der Waals surface area contributed by atoms with Gasteiger partial charge in [-0.3, -0.25) is 0 Å². The van der Waals surface area contributed by atoms with E-state index in [1.54, 1.807) is 17.0 Å². The third-order valence-corrected chi connectivity index (χ3v) is 4.02. The quantitative estimate of drug-likeness (QED) is 0.852. The maximum absolute atomic E-state index is 13.4. The lowest BCUT2D eigenvalue weighted by Crippen LogP contribution is -2.50. The Balaban J connectivity index is 2.07. The highest BCUT2D eigenvalue weighted by Crippen LogP contribution is 2.34. The van der Waals surface area contributed by atoms with E-state index in [-0.39, 0.29) is 11.5 Å². The summed E-state index contributed by atoms with van der Waals surface area (Å²) in [7, 11) is 0. The monoisotopic (exact) mass is 309 g/mol. The van der Waals surface area contributed by atoms with Crippen LogP contribution in [0.4, 0.5) is 9.18 Å². The van der Waals surface area contributed by atoms with Gasteiger partial charge < -0.3 is 15.4 Å². The van der Waals surface area contributed by atoms with Crippen molar-refractivity contribution in [2.75, 3.05) is 19.6 Å². The Hall–Kier alpha value is -1.69. The zero-order valence-corrected chi connectivity index (χ0v) is 13.4. The number of pyridine rings is 1. The summed E-state index contributed by atoms with van der Waals surface area (Å²) in [4.78, 5) is 17.8. The fourth-order valence-electron chi connectivity index (χ4n) is 2.71. The molecule has 0 saturated carbocycles. The van der Waals surface area contributed by atoms with Gasteiger partial charge in [0.25, 0.3) is 0 Å². The Labute approximate surface area is 130 Å². The van der Waals surface area contributed by atoms with Gasteiger partial charge in [-0.25, -0.2) is 9.78 Å². The molecule has 1 aliphatic heterocycles. The number of hydrogen-bond acceptors (Lipinski definition) is 4. The van der Waals surface area contributed by atoms with Gasteiger partial charge in [0, 0.05) is 25.0 Å². The number of piperidine rings is 1. The van der Waals surface area contributed by atoms with Gasteiger partial charge in [-0.05, 0) is 45.7 Å². The first-order valence-corrected chi connectivity index (χ1v) is 7.57. The number of carbonyl (C=O) groups excluding carboxylic acids is 1. The molecule has 0 aliphatic carbocycles. The second kappa shape index (κ2) is 6.20. The molecule has 1 aromatic rings. The van der Waals surface area contributed by atoms with Crippen molar-refractivity contribution < 1.29 is 13.9 Å². The number of carbonyl (C=O) groups is 1. The SMILES string of the molecule is CC(C)(C)OC(=O)N1CCC(CN)(c2cccc(F)n2)CC1. The molecule has 0 atom stereocenters. The van der Waals surface area contributed by atoms with Crippen LogP contribution < -0.4 is 5.73 Å². The Morgan fingerprint density at radius 3 is 2.55 bits per heavy atom. The third kappa shape index (κ3) is 3.74. The zero-order valence-electron chi connectivity index (χ0n) is 13.4. The summed E-state index contributed by atoms with van der Waals surface area (Å²) < 4.78 is 18.8. The molecule has 2 heterocycles. The van der Waals surface area contributed by atoms with Crippen molar-refractivity contribution >= 4 is 6.09 Å². The molecule has 2 rings (SSSR count). The molecule has 0 unspecified atom stereocenters. The van der Waals surface area contributed by atoms with Gasteiger partial charge in [0.05, 0.1) is 5.69 Å². The van der Waals surface area contributed by atoms with Crippen molar-refractivity contribution in [3.8, 4) is 0 Å². The molecular weight excluding hydrogens is 285 g/mol. The van der Waals surface area contributed by atoms with E-state index in [0.717, 1.165) is 0 Å². The number of nitrogens with two attached hydrogens (primary N) is 1. The summed E-state index contributed by atoms with van der Waals surface area (Å²) in [5.41, 5.74) is 5.73. The summed E-state index contributed by atoms with van der Waals surface area (Å²) in [6.45, 7) is 6.97. The predicted molar refractivity (Wildman–Crippen MR) is 82.0 cm³/mol. The number of hydrogen-bond donors (Lipinski definition) is 1. The third-order valence-electron chi connectivity index (χ3n) is 4.02. The minimum Gasteiger partial charge on any atom is -0.444 e. The van der Waals surface area contributed by atoms with Crippen molar-refractivity contribution in [2.45, 2.75) is 44.6 Å². The topological polar surface area (TPSA) is 68.5 Å². The lowest BCUT2D eigenvalue weighted by Gasteiger charge is -2.41. The van der Waals surface area contributed by atoms with E-state index in [1.165, 1.54) is 6.07 Å². The molecule has 6 heteroatoms. The van der Waals surface area contributed by atoms with Crippen LogP contribution in [0.1, 0.15) is 39.3 Å². The lowest BCUT2D eigenvalue weighted by atomic mass is 9.75. The van der Waals surface area contributed by atoms with E-state index >= 15 is 0 Å². The van der Waals surface area contributed by atoms with Crippen molar-refractivity contribution in [3.63, 3.8) is 0 Å². The van der Waals surface area contributed by atoms with Gasteiger partial charge in [-0.1, -0.05) is 6.07 Å². The molecule has 1 fully saturated rings. The van der Waals surface area contributed by atoms with Crippen LogP contribution in [0.2, 0.25) is 0 Å². The summed E-state index contributed by atoms with van der Waals surface area (Å²) in [5, 5.41) is 0. The lowest BCUT2D eigenvalue weighted by molar-refractivity contribution is 0.0164. The number of amides is 1. The van der Waals surface area contributed by atoms with Crippen LogP contribution in [-0.4, -0.2) is 41.2 Å². The molecule has 22 heavy (non-hydrogen) atoms. The van der Waals surface area contributed by atoms with Crippen LogP contribution in [0.3, 0.4) is 0 Å². The molecule has 0 aromatic carbocycles. The summed E-state index contributed by atoms with van der Waals surface area (Å²) in [6.07, 6.45) is 0.989. The molecule has 1 amide bonds. The molecule has 5 nitrogen and oxygen atoms in total. The average Bonchev–Trinajstić information content (AvgIpc) is 2.45. The molecule has 2 N–H and O–H groups in total. The fourth-order valence-corrected chi connectivity index (χ4v) is 2.71. The van der Waals surface area contributed by atoms with Crippen LogP contribution >= 0.6 is 0 Å². The van der Waals surface area contributed by atoms with Crippen molar-refractivity contribution in [1.82, 2.24) is 9.88 Å². The van der Waals surface area contributed by atoms with Gasteiger partial charge in [-0.15, -0.1) is 0 Å². The van der Waals surface area contributed by atoms with E-state index in [4.69, 9.17) is 10.5 Å². The largest absolute Gasteiger partial charge is 0.444 e. The molecule has 122 valence electrons. The summed E-state index contributed by atoms with van der Waals surface area (Å²) in [6, 6.07) is 4.78. The highest BCUT2D eigenvalue weighted by atomic mass is 19.1. The first-order valence-electron chi connectivity index (χ1n) is 7.57. The number of aromatic nitrogens is 1. The summed E-state index contributed by atoms with van der Waals surface area (Å²) in [5.74, 6) is -0.500. The van der Waals surface area contributed by atoms with Gasteiger partial charge in [0.1, 0.15) is 5.60 Å². The maximum Gasteiger partial charge on any atom is 0.410 e. The van der Waals surface area contributed by atoms with Crippen molar-refractivity contribution in [1.29, 1.82) is 0 Å². The number of likely N-dealkylation sites (tertiary alicyclic amines) is 1. The minimum absolute atomic E-state index is 0.315. The molecule has 0 spiro atoms. The highest BCUT2D eigenvalue weighted by Gasteiger charge is 2.38. The Morgan fingerprint density at radius 1 is 1.41 bits per heavy atom. The van der Waals surface area contributed by atoms with Crippen LogP contribution in [-0.2, 0) is 10.2 Å². The first kappa shape index (κ1) is 16.7. The number of rotatable bonds is 2. The normalized spacial score (nSPS) is 18.1. The zero-order chi connectivity index (χ0) is 16.4. The van der Waals surface area contributed by atoms with Gasteiger partial charge in [0.2, 0.25) is 5.95 Å². The van der Waals surface area contributed by atoms with Crippen LogP contribution in [0.15, 0.2) is 18.2 Å². The van der Waals surface area contributed by atoms with E-state index in [9.17, 15) is 9.18 Å². The number of nitrogens with zero attached hydrogens (tertiary/aromatic N) is 2. The van der Waals surface area contributed by atoms with Crippen LogP contribution in [0, 0.1) is 5.95 Å². The molecule has 0 radical (unpaired) electrons. The number of ether oxygens (including phenoxy) is 1. The predicted octanol–water partition coefficient (Wildman–Crippen LogP) is 2.45. The second-order valence-corrected chi connectivity index (χ2v) is 6.80. The van der Waals surface area contributed by atoms with Crippen molar-refractivity contribution in [2.24, 2.45) is 5.73 Å². The average molecular weight is 309 g/mol. The fraction of sp³-hybridized carbons (Fsp3) is 0.625. The Kier molecular flexibility index (Phi) is 4.70. The molecular formula is C16H24FN3O2. The second-order valence-electron chi connectivity index (χ2n) is 6.80. The van der Waals surface area contributed by atoms with Crippen LogP contribution in [0.25, 0.3) is 0 Å². The van der Waals surface area contributed by atoms with Crippen LogP contribution in [0.5, 0.6) is 0 Å². The molecule has 0 bridgehead atoms. The van der Waals surface area contributed by atoms with E-state index in [0.29, 0.717) is 38.2 Å². The van der Waals surface area contributed by atoms with Gasteiger partial charge in [0.15, 0.2) is 0 Å². The van der Waals surface area contributed by atoms with Gasteiger partial charge in [-0.2, -0.15) is 4.39 Å². The van der Waals surface area contributed by atoms with E-state index in [2.05, 4.69) is 4.98 Å². The number of halogens is 1. The van der Waals surface area contributed by atoms with E-state index < -0.39 is 11.5 Å². The first-order chi connectivity index (χ1) is 10.3. The Bertz CT molecular complexity index is 534. The van der Waals surface area contributed by atoms with Crippen molar-refractivity contribution in [3.05, 3.63) is 29.8 Å². The highest BCUT2D eigenvalue weighted by molar-refractivity contribution is 5.68.